The van der Waals surface area contributed by atoms with E-state index in [1.807, 2.05) is 12.1 Å². The number of nitrogen functional groups attached to an aromatic ring is 1. The van der Waals surface area contributed by atoms with Crippen LogP contribution in [0.15, 0.2) is 24.3 Å². The topological polar surface area (TPSA) is 84.6 Å². The van der Waals surface area contributed by atoms with Crippen molar-refractivity contribution >= 4 is 11.6 Å². The van der Waals surface area contributed by atoms with Gasteiger partial charge in [0.1, 0.15) is 5.75 Å². The Morgan fingerprint density at radius 3 is 2.76 bits per heavy atom. The van der Waals surface area contributed by atoms with E-state index in [1.54, 1.807) is 12.1 Å². The number of carbonyl (C=O) groups is 1. The number of nitrogens with one attached hydrogen (secondary N) is 1. The fraction of sp³-hybridized carbons (Fsp3) is 0.562. The first-order valence-electron chi connectivity index (χ1n) is 7.54. The number of rotatable bonds is 6. The predicted octanol–water partition coefficient (Wildman–Crippen LogP) is 1.85. The molecule has 1 fully saturated rings. The van der Waals surface area contributed by atoms with Gasteiger partial charge in [0, 0.05) is 11.8 Å². The molecule has 1 saturated carbocycles. The molecule has 0 atom stereocenters. The number of amides is 1. The quantitative estimate of drug-likeness (QED) is 0.699. The maximum absolute atomic E-state index is 12.0. The molecule has 1 aliphatic carbocycles. The molecule has 21 heavy (non-hydrogen) atoms. The Hall–Kier alpha value is -1.75. The summed E-state index contributed by atoms with van der Waals surface area (Å²) in [6, 6.07) is 7.14. The van der Waals surface area contributed by atoms with E-state index in [2.05, 4.69) is 5.32 Å². The maximum atomic E-state index is 12.0. The lowest BCUT2D eigenvalue weighted by Crippen LogP contribution is -2.52. The first-order chi connectivity index (χ1) is 10.1. The smallest absolute Gasteiger partial charge is 0.223 e. The molecule has 0 aliphatic heterocycles. The van der Waals surface area contributed by atoms with Crippen molar-refractivity contribution < 1.29 is 14.6 Å². The molecular formula is C16H24N2O3. The van der Waals surface area contributed by atoms with Crippen LogP contribution in [-0.2, 0) is 4.79 Å². The van der Waals surface area contributed by atoms with E-state index in [4.69, 9.17) is 10.5 Å². The lowest BCUT2D eigenvalue weighted by molar-refractivity contribution is -0.124. The highest BCUT2D eigenvalue weighted by Gasteiger charge is 2.32. The van der Waals surface area contributed by atoms with Crippen molar-refractivity contribution in [2.24, 2.45) is 0 Å². The Kier molecular flexibility index (Phi) is 5.44. The van der Waals surface area contributed by atoms with Gasteiger partial charge in [0.05, 0.1) is 25.2 Å². The van der Waals surface area contributed by atoms with Crippen molar-refractivity contribution in [3.8, 4) is 5.75 Å². The normalized spacial score (nSPS) is 17.2. The zero-order valence-electron chi connectivity index (χ0n) is 12.3. The number of carbonyl (C=O) groups excluding carboxylic acids is 1. The third-order valence-corrected chi connectivity index (χ3v) is 3.97. The standard InChI is InChI=1S/C16H24N2O3/c17-13-5-4-6-14(11-13)21-10-7-15(20)18-16(12-19)8-2-1-3-9-16/h4-6,11,19H,1-3,7-10,12,17H2,(H,18,20). The maximum Gasteiger partial charge on any atom is 0.223 e. The average Bonchev–Trinajstić information content (AvgIpc) is 2.48. The van der Waals surface area contributed by atoms with Gasteiger partial charge in [-0.25, -0.2) is 0 Å². The minimum atomic E-state index is -0.424. The van der Waals surface area contributed by atoms with E-state index >= 15 is 0 Å². The van der Waals surface area contributed by atoms with Crippen LogP contribution in [0, 0.1) is 0 Å². The van der Waals surface area contributed by atoms with Crippen LogP contribution in [-0.4, -0.2) is 29.8 Å². The van der Waals surface area contributed by atoms with Gasteiger partial charge in [-0.05, 0) is 25.0 Å². The largest absolute Gasteiger partial charge is 0.493 e. The molecule has 4 N–H and O–H groups in total. The van der Waals surface area contributed by atoms with Crippen LogP contribution in [0.5, 0.6) is 5.75 Å². The van der Waals surface area contributed by atoms with E-state index in [0.29, 0.717) is 18.0 Å². The fourth-order valence-corrected chi connectivity index (χ4v) is 2.78. The van der Waals surface area contributed by atoms with Gasteiger partial charge in [0.2, 0.25) is 5.91 Å². The summed E-state index contributed by atoms with van der Waals surface area (Å²) in [7, 11) is 0. The van der Waals surface area contributed by atoms with Crippen molar-refractivity contribution in [1.82, 2.24) is 5.32 Å². The SMILES string of the molecule is Nc1cccc(OCCC(=O)NC2(CO)CCCCC2)c1. The van der Waals surface area contributed by atoms with Crippen molar-refractivity contribution in [3.05, 3.63) is 24.3 Å². The van der Waals surface area contributed by atoms with Gasteiger partial charge >= 0.3 is 0 Å². The van der Waals surface area contributed by atoms with Crippen LogP contribution >= 0.6 is 0 Å². The molecule has 5 heteroatoms. The van der Waals surface area contributed by atoms with Crippen LogP contribution < -0.4 is 15.8 Å². The summed E-state index contributed by atoms with van der Waals surface area (Å²) in [6.07, 6.45) is 5.27. The first kappa shape index (κ1) is 15.6. The Balaban J connectivity index is 1.76. The molecule has 1 aromatic rings. The molecule has 0 spiro atoms. The summed E-state index contributed by atoms with van der Waals surface area (Å²) in [5, 5.41) is 12.6. The van der Waals surface area contributed by atoms with Gasteiger partial charge in [-0.15, -0.1) is 0 Å². The number of benzene rings is 1. The van der Waals surface area contributed by atoms with E-state index in [9.17, 15) is 9.90 Å². The summed E-state index contributed by atoms with van der Waals surface area (Å²) in [5.41, 5.74) is 5.88. The highest BCUT2D eigenvalue weighted by atomic mass is 16.5. The highest BCUT2D eigenvalue weighted by molar-refractivity contribution is 5.77. The Bertz CT molecular complexity index is 470. The van der Waals surface area contributed by atoms with Crippen molar-refractivity contribution in [3.63, 3.8) is 0 Å². The van der Waals surface area contributed by atoms with Gasteiger partial charge < -0.3 is 20.9 Å². The number of hydrogen-bond donors (Lipinski definition) is 3. The fourth-order valence-electron chi connectivity index (χ4n) is 2.78. The average molecular weight is 292 g/mol. The molecular weight excluding hydrogens is 268 g/mol. The Morgan fingerprint density at radius 2 is 2.10 bits per heavy atom. The molecule has 1 amide bonds. The zero-order chi connectivity index (χ0) is 15.1. The Labute approximate surface area is 125 Å². The van der Waals surface area contributed by atoms with Gasteiger partial charge in [0.15, 0.2) is 0 Å². The number of aliphatic hydroxyl groups excluding tert-OH is 1. The van der Waals surface area contributed by atoms with Gasteiger partial charge in [-0.1, -0.05) is 25.3 Å². The molecule has 2 rings (SSSR count). The van der Waals surface area contributed by atoms with Gasteiger partial charge in [-0.3, -0.25) is 4.79 Å². The highest BCUT2D eigenvalue weighted by Crippen LogP contribution is 2.27. The van der Waals surface area contributed by atoms with E-state index < -0.39 is 5.54 Å². The molecule has 0 unspecified atom stereocenters. The predicted molar refractivity (Wildman–Crippen MR) is 82.0 cm³/mol. The lowest BCUT2D eigenvalue weighted by atomic mass is 9.82. The van der Waals surface area contributed by atoms with Crippen molar-refractivity contribution in [2.75, 3.05) is 18.9 Å². The summed E-state index contributed by atoms with van der Waals surface area (Å²) in [6.45, 7) is 0.311. The van der Waals surface area contributed by atoms with Crippen LogP contribution in [0.3, 0.4) is 0 Å². The second kappa shape index (κ2) is 7.31. The molecule has 1 aliphatic rings. The second-order valence-electron chi connectivity index (χ2n) is 5.72. The summed E-state index contributed by atoms with van der Waals surface area (Å²) >= 11 is 0. The van der Waals surface area contributed by atoms with Crippen LogP contribution in [0.1, 0.15) is 38.5 Å². The number of anilines is 1. The molecule has 0 bridgehead atoms. The third kappa shape index (κ3) is 4.63. The third-order valence-electron chi connectivity index (χ3n) is 3.97. The van der Waals surface area contributed by atoms with Gasteiger partial charge in [0.25, 0.3) is 0 Å². The minimum absolute atomic E-state index is 0.00875. The molecule has 1 aromatic carbocycles. The number of nitrogens with two attached hydrogens (primary N) is 1. The number of hydrogen-bond acceptors (Lipinski definition) is 4. The number of ether oxygens (including phenoxy) is 1. The van der Waals surface area contributed by atoms with Crippen molar-refractivity contribution in [1.29, 1.82) is 0 Å². The molecule has 116 valence electrons. The molecule has 0 radical (unpaired) electrons. The zero-order valence-corrected chi connectivity index (χ0v) is 12.3. The van der Waals surface area contributed by atoms with E-state index in [-0.39, 0.29) is 18.9 Å². The van der Waals surface area contributed by atoms with E-state index in [1.165, 1.54) is 6.42 Å². The second-order valence-corrected chi connectivity index (χ2v) is 5.72. The minimum Gasteiger partial charge on any atom is -0.493 e. The van der Waals surface area contributed by atoms with Crippen molar-refractivity contribution in [2.45, 2.75) is 44.1 Å². The van der Waals surface area contributed by atoms with E-state index in [0.717, 1.165) is 25.7 Å². The lowest BCUT2D eigenvalue weighted by Gasteiger charge is -2.36. The number of aliphatic hydroxyl groups is 1. The first-order valence-corrected chi connectivity index (χ1v) is 7.54. The summed E-state index contributed by atoms with van der Waals surface area (Å²) in [5.74, 6) is 0.590. The molecule has 5 nitrogen and oxygen atoms in total. The monoisotopic (exact) mass is 292 g/mol. The van der Waals surface area contributed by atoms with Crippen LogP contribution in [0.2, 0.25) is 0 Å². The van der Waals surface area contributed by atoms with Gasteiger partial charge in [-0.2, -0.15) is 0 Å². The summed E-state index contributed by atoms with van der Waals surface area (Å²) < 4.78 is 5.51. The molecule has 0 saturated heterocycles. The molecule has 0 heterocycles. The van der Waals surface area contributed by atoms with Crippen LogP contribution in [0.4, 0.5) is 5.69 Å². The molecule has 0 aromatic heterocycles. The Morgan fingerprint density at radius 1 is 1.33 bits per heavy atom. The van der Waals surface area contributed by atoms with Crippen LogP contribution in [0.25, 0.3) is 0 Å². The summed E-state index contributed by atoms with van der Waals surface area (Å²) in [4.78, 5) is 12.0.